The van der Waals surface area contributed by atoms with Crippen molar-refractivity contribution in [3.63, 3.8) is 0 Å². The highest BCUT2D eigenvalue weighted by Gasteiger charge is 2.27. The predicted octanol–water partition coefficient (Wildman–Crippen LogP) is 2.73. The number of rotatable bonds is 2. The minimum absolute atomic E-state index is 0.0147. The van der Waals surface area contributed by atoms with Crippen LogP contribution in [0.2, 0.25) is 0 Å². The molecule has 0 unspecified atom stereocenters. The number of amides is 2. The van der Waals surface area contributed by atoms with Gasteiger partial charge in [-0.3, -0.25) is 9.59 Å². The van der Waals surface area contributed by atoms with Crippen LogP contribution in [0.5, 0.6) is 0 Å². The van der Waals surface area contributed by atoms with Crippen molar-refractivity contribution in [2.45, 2.75) is 34.1 Å². The van der Waals surface area contributed by atoms with Crippen LogP contribution in [0.15, 0.2) is 12.1 Å². The third-order valence-corrected chi connectivity index (χ3v) is 5.85. The third-order valence-electron chi connectivity index (χ3n) is 4.65. The Labute approximate surface area is 146 Å². The lowest BCUT2D eigenvalue weighted by atomic mass is 10.1. The van der Waals surface area contributed by atoms with Crippen LogP contribution in [0.1, 0.15) is 38.6 Å². The van der Waals surface area contributed by atoms with Crippen LogP contribution in [-0.4, -0.2) is 40.9 Å². The molecule has 6 heteroatoms. The monoisotopic (exact) mass is 345 g/mol. The van der Waals surface area contributed by atoms with E-state index in [0.29, 0.717) is 26.1 Å². The number of nitrogens with zero attached hydrogens (tertiary/aromatic N) is 2. The number of nitrogens with one attached hydrogen (secondary N) is 1. The first-order chi connectivity index (χ1) is 11.4. The molecule has 1 fully saturated rings. The maximum absolute atomic E-state index is 13.2. The van der Waals surface area contributed by atoms with E-state index in [2.05, 4.69) is 42.8 Å². The van der Waals surface area contributed by atoms with Crippen molar-refractivity contribution >= 4 is 23.2 Å². The molecule has 1 saturated heterocycles. The van der Waals surface area contributed by atoms with E-state index in [1.807, 2.05) is 6.92 Å². The normalized spacial score (nSPS) is 15.3. The molecule has 2 amide bonds. The smallest absolute Gasteiger partial charge is 0.257 e. The van der Waals surface area contributed by atoms with Gasteiger partial charge in [0.2, 0.25) is 5.91 Å². The largest absolute Gasteiger partial charge is 0.354 e. The first-order valence-corrected chi connectivity index (χ1v) is 9.03. The lowest BCUT2D eigenvalue weighted by Gasteiger charge is -2.21. The molecule has 0 saturated carbocycles. The van der Waals surface area contributed by atoms with Crippen molar-refractivity contribution in [3.05, 3.63) is 39.5 Å². The molecule has 2 aromatic rings. The zero-order valence-corrected chi connectivity index (χ0v) is 15.4. The van der Waals surface area contributed by atoms with Crippen molar-refractivity contribution in [1.29, 1.82) is 0 Å². The van der Waals surface area contributed by atoms with Crippen LogP contribution in [-0.2, 0) is 4.79 Å². The van der Waals surface area contributed by atoms with Gasteiger partial charge in [0.25, 0.3) is 5.91 Å². The van der Waals surface area contributed by atoms with Gasteiger partial charge in [-0.05, 0) is 45.4 Å². The topological polar surface area (TPSA) is 54.3 Å². The summed E-state index contributed by atoms with van der Waals surface area (Å²) in [6, 6.07) is 4.14. The number of hydrogen-bond donors (Lipinski definition) is 1. The highest BCUT2D eigenvalue weighted by molar-refractivity contribution is 7.15. The second kappa shape index (κ2) is 6.43. The van der Waals surface area contributed by atoms with Crippen LogP contribution < -0.4 is 5.32 Å². The minimum Gasteiger partial charge on any atom is -0.354 e. The van der Waals surface area contributed by atoms with Crippen molar-refractivity contribution in [2.24, 2.45) is 0 Å². The molecule has 128 valence electrons. The molecule has 2 aromatic heterocycles. The Bertz CT molecular complexity index is 784. The van der Waals surface area contributed by atoms with Gasteiger partial charge in [0.05, 0.1) is 5.56 Å². The van der Waals surface area contributed by atoms with Gasteiger partial charge in [-0.2, -0.15) is 0 Å². The fourth-order valence-electron chi connectivity index (χ4n) is 3.14. The first-order valence-electron chi connectivity index (χ1n) is 8.21. The molecule has 24 heavy (non-hydrogen) atoms. The summed E-state index contributed by atoms with van der Waals surface area (Å²) in [7, 11) is 0. The zero-order valence-electron chi connectivity index (χ0n) is 14.6. The van der Waals surface area contributed by atoms with Gasteiger partial charge < -0.3 is 14.8 Å². The molecule has 0 spiro atoms. The molecule has 1 aliphatic heterocycles. The van der Waals surface area contributed by atoms with Gasteiger partial charge in [-0.25, -0.2) is 0 Å². The summed E-state index contributed by atoms with van der Waals surface area (Å²) in [4.78, 5) is 27.7. The van der Waals surface area contributed by atoms with Crippen molar-refractivity contribution in [3.8, 4) is 5.00 Å². The minimum atomic E-state index is 0.0147. The molecule has 0 aromatic carbocycles. The number of aromatic nitrogens is 1. The van der Waals surface area contributed by atoms with Crippen LogP contribution >= 0.6 is 11.3 Å². The first kappa shape index (κ1) is 16.8. The fraction of sp³-hybridized carbons (Fsp3) is 0.444. The average Bonchev–Trinajstić information content (AvgIpc) is 2.90. The van der Waals surface area contributed by atoms with Crippen molar-refractivity contribution < 1.29 is 9.59 Å². The van der Waals surface area contributed by atoms with E-state index in [9.17, 15) is 9.59 Å². The van der Waals surface area contributed by atoms with E-state index in [-0.39, 0.29) is 11.8 Å². The number of hydrogen-bond acceptors (Lipinski definition) is 3. The summed E-state index contributed by atoms with van der Waals surface area (Å²) in [6.45, 7) is 9.73. The summed E-state index contributed by atoms with van der Waals surface area (Å²) in [5.41, 5.74) is 4.05. The zero-order chi connectivity index (χ0) is 17.4. The lowest BCUT2D eigenvalue weighted by molar-refractivity contribution is -0.120. The standard InChI is InChI=1S/C18H23N3O2S/c1-11-5-6-12(2)21(11)18-16(13(3)14(4)24-18)17(23)20-9-7-15(22)19-8-10-20/h5-6H,7-10H2,1-4H3,(H,19,22). The summed E-state index contributed by atoms with van der Waals surface area (Å²) >= 11 is 1.66. The van der Waals surface area contributed by atoms with Crippen LogP contribution in [0.4, 0.5) is 0 Å². The predicted molar refractivity (Wildman–Crippen MR) is 96.1 cm³/mol. The highest BCUT2D eigenvalue weighted by atomic mass is 32.1. The molecular weight excluding hydrogens is 322 g/mol. The van der Waals surface area contributed by atoms with Crippen molar-refractivity contribution in [1.82, 2.24) is 14.8 Å². The third kappa shape index (κ3) is 2.86. The quantitative estimate of drug-likeness (QED) is 0.910. The van der Waals surface area contributed by atoms with Crippen LogP contribution in [0.25, 0.3) is 5.00 Å². The lowest BCUT2D eigenvalue weighted by Crippen LogP contribution is -2.35. The fourth-order valence-corrected chi connectivity index (χ4v) is 4.40. The summed E-state index contributed by atoms with van der Waals surface area (Å²) in [5, 5.41) is 3.81. The van der Waals surface area contributed by atoms with Gasteiger partial charge in [0, 0.05) is 42.3 Å². The van der Waals surface area contributed by atoms with E-state index in [1.54, 1.807) is 16.2 Å². The number of thiophene rings is 1. The molecule has 1 aliphatic rings. The van der Waals surface area contributed by atoms with Gasteiger partial charge >= 0.3 is 0 Å². The Kier molecular flexibility index (Phi) is 4.49. The molecule has 0 radical (unpaired) electrons. The molecule has 0 atom stereocenters. The van der Waals surface area contributed by atoms with Gasteiger partial charge in [-0.1, -0.05) is 0 Å². The van der Waals surface area contributed by atoms with Crippen molar-refractivity contribution in [2.75, 3.05) is 19.6 Å². The second-order valence-electron chi connectivity index (χ2n) is 6.31. The molecule has 0 bridgehead atoms. The SMILES string of the molecule is Cc1sc(-n2c(C)ccc2C)c(C(=O)N2CCNC(=O)CC2)c1C. The summed E-state index contributed by atoms with van der Waals surface area (Å²) < 4.78 is 2.15. The van der Waals surface area contributed by atoms with E-state index in [4.69, 9.17) is 0 Å². The van der Waals surface area contributed by atoms with E-state index >= 15 is 0 Å². The Morgan fingerprint density at radius 2 is 1.79 bits per heavy atom. The molecule has 5 nitrogen and oxygen atoms in total. The Morgan fingerprint density at radius 1 is 1.12 bits per heavy atom. The highest BCUT2D eigenvalue weighted by Crippen LogP contribution is 2.34. The maximum atomic E-state index is 13.2. The van der Waals surface area contributed by atoms with Crippen LogP contribution in [0, 0.1) is 27.7 Å². The number of carbonyl (C=O) groups excluding carboxylic acids is 2. The number of aryl methyl sites for hydroxylation is 3. The van der Waals surface area contributed by atoms with E-state index < -0.39 is 0 Å². The molecule has 3 heterocycles. The van der Waals surface area contributed by atoms with Gasteiger partial charge in [0.15, 0.2) is 0 Å². The molecule has 1 N–H and O–H groups in total. The van der Waals surface area contributed by atoms with Gasteiger partial charge in [0.1, 0.15) is 5.00 Å². The Morgan fingerprint density at radius 3 is 2.46 bits per heavy atom. The van der Waals surface area contributed by atoms with E-state index in [0.717, 1.165) is 32.4 Å². The average molecular weight is 345 g/mol. The number of carbonyl (C=O) groups is 2. The Balaban J connectivity index is 2.04. The van der Waals surface area contributed by atoms with Gasteiger partial charge in [-0.15, -0.1) is 11.3 Å². The molecular formula is C18H23N3O2S. The molecule has 3 rings (SSSR count). The Hall–Kier alpha value is -2.08. The van der Waals surface area contributed by atoms with Crippen LogP contribution in [0.3, 0.4) is 0 Å². The maximum Gasteiger partial charge on any atom is 0.257 e. The second-order valence-corrected chi connectivity index (χ2v) is 7.51. The summed E-state index contributed by atoms with van der Waals surface area (Å²) in [5.74, 6) is 0.0386. The van der Waals surface area contributed by atoms with E-state index in [1.165, 1.54) is 0 Å². The summed E-state index contributed by atoms with van der Waals surface area (Å²) in [6.07, 6.45) is 0.366. The molecule has 0 aliphatic carbocycles.